The summed E-state index contributed by atoms with van der Waals surface area (Å²) in [6.45, 7) is 8.52. The van der Waals surface area contributed by atoms with Crippen LogP contribution in [-0.2, 0) is 18.8 Å². The molecule has 6 nitrogen and oxygen atoms in total. The molecule has 8 heteroatoms. The molecular formula is C20H27BFNO5. The quantitative estimate of drug-likeness (QED) is 0.584. The number of ether oxygens (including phenoxy) is 1. The first-order valence-electron chi connectivity index (χ1n) is 9.58. The van der Waals surface area contributed by atoms with Crippen molar-refractivity contribution in [3.05, 3.63) is 29.6 Å². The third kappa shape index (κ3) is 3.80. The van der Waals surface area contributed by atoms with Crippen LogP contribution >= 0.6 is 0 Å². The zero-order valence-corrected chi connectivity index (χ0v) is 17.1. The molecule has 2 saturated heterocycles. The van der Waals surface area contributed by atoms with Gasteiger partial charge in [-0.2, -0.15) is 0 Å². The van der Waals surface area contributed by atoms with Gasteiger partial charge in [-0.3, -0.25) is 9.59 Å². The molecule has 0 atom stereocenters. The average molecular weight is 391 g/mol. The average Bonchev–Trinajstić information content (AvgIpc) is 2.88. The smallest absolute Gasteiger partial charge is 0.469 e. The molecule has 152 valence electrons. The summed E-state index contributed by atoms with van der Waals surface area (Å²) < 4.78 is 31.4. The van der Waals surface area contributed by atoms with E-state index in [0.29, 0.717) is 31.4 Å². The lowest BCUT2D eigenvalue weighted by Crippen LogP contribution is -2.41. The van der Waals surface area contributed by atoms with E-state index in [0.717, 1.165) is 0 Å². The largest absolute Gasteiger partial charge is 0.494 e. The van der Waals surface area contributed by atoms with Gasteiger partial charge >= 0.3 is 13.1 Å². The van der Waals surface area contributed by atoms with Crippen molar-refractivity contribution in [2.24, 2.45) is 5.92 Å². The van der Waals surface area contributed by atoms with Gasteiger partial charge in [0.25, 0.3) is 5.91 Å². The summed E-state index contributed by atoms with van der Waals surface area (Å²) in [5.41, 5.74) is -0.493. The van der Waals surface area contributed by atoms with Gasteiger partial charge in [-0.1, -0.05) is 6.07 Å². The first-order chi connectivity index (χ1) is 13.1. The number of esters is 1. The van der Waals surface area contributed by atoms with Gasteiger partial charge in [-0.15, -0.1) is 0 Å². The van der Waals surface area contributed by atoms with E-state index in [9.17, 15) is 14.0 Å². The highest BCUT2D eigenvalue weighted by Gasteiger charge is 2.51. The van der Waals surface area contributed by atoms with Crippen LogP contribution < -0.4 is 5.46 Å². The Hall–Kier alpha value is -1.93. The number of nitrogens with zero attached hydrogens (tertiary/aromatic N) is 1. The monoisotopic (exact) mass is 391 g/mol. The van der Waals surface area contributed by atoms with Crippen LogP contribution in [0.15, 0.2) is 18.2 Å². The Kier molecular flexibility index (Phi) is 5.56. The summed E-state index contributed by atoms with van der Waals surface area (Å²) in [5, 5.41) is 0. The predicted molar refractivity (Wildman–Crippen MR) is 103 cm³/mol. The zero-order chi connectivity index (χ0) is 20.7. The number of rotatable bonds is 3. The Labute approximate surface area is 165 Å². The molecule has 2 fully saturated rings. The summed E-state index contributed by atoms with van der Waals surface area (Å²) in [5.74, 6) is -1.44. The van der Waals surface area contributed by atoms with Crippen LogP contribution in [0, 0.1) is 11.7 Å². The fourth-order valence-corrected chi connectivity index (χ4v) is 3.49. The van der Waals surface area contributed by atoms with Gasteiger partial charge in [-0.25, -0.2) is 4.39 Å². The maximum Gasteiger partial charge on any atom is 0.494 e. The second kappa shape index (κ2) is 7.48. The first-order valence-corrected chi connectivity index (χ1v) is 9.58. The molecule has 2 heterocycles. The molecule has 2 aliphatic heterocycles. The third-order valence-corrected chi connectivity index (χ3v) is 6.07. The van der Waals surface area contributed by atoms with Crippen LogP contribution in [0.4, 0.5) is 4.39 Å². The van der Waals surface area contributed by atoms with Crippen LogP contribution in [0.5, 0.6) is 0 Å². The van der Waals surface area contributed by atoms with Gasteiger partial charge in [0, 0.05) is 13.1 Å². The summed E-state index contributed by atoms with van der Waals surface area (Å²) in [6, 6.07) is 4.45. The number of amides is 1. The number of carbonyl (C=O) groups is 2. The van der Waals surface area contributed by atoms with Crippen LogP contribution in [0.25, 0.3) is 0 Å². The second-order valence-electron chi connectivity index (χ2n) is 8.42. The molecule has 3 rings (SSSR count). The molecule has 0 saturated carbocycles. The van der Waals surface area contributed by atoms with E-state index in [4.69, 9.17) is 14.0 Å². The van der Waals surface area contributed by atoms with E-state index >= 15 is 0 Å². The summed E-state index contributed by atoms with van der Waals surface area (Å²) in [7, 11) is 0.677. The Morgan fingerprint density at radius 3 is 2.21 bits per heavy atom. The van der Waals surface area contributed by atoms with E-state index < -0.39 is 24.1 Å². The van der Waals surface area contributed by atoms with Crippen molar-refractivity contribution in [2.45, 2.75) is 51.7 Å². The number of halogens is 1. The lowest BCUT2D eigenvalue weighted by molar-refractivity contribution is -0.146. The molecule has 0 bridgehead atoms. The van der Waals surface area contributed by atoms with E-state index in [-0.39, 0.29) is 23.4 Å². The van der Waals surface area contributed by atoms with E-state index in [1.54, 1.807) is 11.0 Å². The Bertz CT molecular complexity index is 758. The molecule has 0 spiro atoms. The van der Waals surface area contributed by atoms with Gasteiger partial charge in [0.2, 0.25) is 0 Å². The summed E-state index contributed by atoms with van der Waals surface area (Å²) in [6.07, 6.45) is 1.04. The van der Waals surface area contributed by atoms with E-state index in [1.165, 1.54) is 19.2 Å². The van der Waals surface area contributed by atoms with Gasteiger partial charge in [-0.05, 0) is 58.1 Å². The van der Waals surface area contributed by atoms with Crippen molar-refractivity contribution in [2.75, 3.05) is 20.2 Å². The molecular weight excluding hydrogens is 364 g/mol. The zero-order valence-electron chi connectivity index (χ0n) is 17.1. The Balaban J connectivity index is 1.70. The number of benzene rings is 1. The van der Waals surface area contributed by atoms with Crippen LogP contribution in [0.1, 0.15) is 50.9 Å². The van der Waals surface area contributed by atoms with Crippen molar-refractivity contribution >= 4 is 24.5 Å². The first kappa shape index (κ1) is 20.8. The minimum Gasteiger partial charge on any atom is -0.469 e. The van der Waals surface area contributed by atoms with Crippen LogP contribution in [-0.4, -0.2) is 55.3 Å². The summed E-state index contributed by atoms with van der Waals surface area (Å²) in [4.78, 5) is 25.9. The minimum absolute atomic E-state index is 0.0109. The standard InChI is InChI=1S/C20H27BFNO5/c1-19(2)20(3,4)28-21(27-19)14-6-7-15(16(22)12-14)17(24)23-10-8-13(9-11-23)18(25)26-5/h6-7,12-13H,8-11H2,1-5H3. The molecule has 0 aromatic heterocycles. The van der Waals surface area contributed by atoms with Crippen molar-refractivity contribution in [3.63, 3.8) is 0 Å². The van der Waals surface area contributed by atoms with E-state index in [1.807, 2.05) is 27.7 Å². The lowest BCUT2D eigenvalue weighted by atomic mass is 9.78. The predicted octanol–water partition coefficient (Wildman–Crippen LogP) is 2.15. The minimum atomic E-state index is -0.681. The molecule has 1 aromatic rings. The molecule has 0 aliphatic carbocycles. The van der Waals surface area contributed by atoms with Crippen molar-refractivity contribution in [1.82, 2.24) is 4.90 Å². The maximum absolute atomic E-state index is 14.7. The van der Waals surface area contributed by atoms with E-state index in [2.05, 4.69) is 0 Å². The van der Waals surface area contributed by atoms with Crippen molar-refractivity contribution in [1.29, 1.82) is 0 Å². The van der Waals surface area contributed by atoms with Crippen molar-refractivity contribution < 1.29 is 28.0 Å². The fourth-order valence-electron chi connectivity index (χ4n) is 3.49. The Morgan fingerprint density at radius 2 is 1.71 bits per heavy atom. The number of hydrogen-bond donors (Lipinski definition) is 0. The van der Waals surface area contributed by atoms with Gasteiger partial charge < -0.3 is 18.9 Å². The van der Waals surface area contributed by atoms with Gasteiger partial charge in [0.15, 0.2) is 0 Å². The second-order valence-corrected chi connectivity index (χ2v) is 8.42. The molecule has 0 unspecified atom stereocenters. The van der Waals surface area contributed by atoms with Crippen LogP contribution in [0.2, 0.25) is 0 Å². The van der Waals surface area contributed by atoms with Crippen molar-refractivity contribution in [3.8, 4) is 0 Å². The highest BCUT2D eigenvalue weighted by atomic mass is 19.1. The highest BCUT2D eigenvalue weighted by molar-refractivity contribution is 6.62. The lowest BCUT2D eigenvalue weighted by Gasteiger charge is -2.32. The number of piperidine rings is 1. The maximum atomic E-state index is 14.7. The topological polar surface area (TPSA) is 65.1 Å². The molecule has 28 heavy (non-hydrogen) atoms. The van der Waals surface area contributed by atoms with Gasteiger partial charge in [0.05, 0.1) is 29.8 Å². The normalized spacial score (nSPS) is 21.6. The number of likely N-dealkylation sites (tertiary alicyclic amines) is 1. The highest BCUT2D eigenvalue weighted by Crippen LogP contribution is 2.36. The molecule has 2 aliphatic rings. The molecule has 0 radical (unpaired) electrons. The van der Waals surface area contributed by atoms with Gasteiger partial charge in [0.1, 0.15) is 5.82 Å². The third-order valence-electron chi connectivity index (χ3n) is 6.07. The molecule has 0 N–H and O–H groups in total. The summed E-state index contributed by atoms with van der Waals surface area (Å²) >= 11 is 0. The SMILES string of the molecule is COC(=O)C1CCN(C(=O)c2ccc(B3OC(C)(C)C(C)(C)O3)cc2F)CC1. The number of hydrogen-bond acceptors (Lipinski definition) is 5. The van der Waals surface area contributed by atoms with Crippen LogP contribution in [0.3, 0.4) is 0 Å². The number of methoxy groups -OCH3 is 1. The molecule has 1 amide bonds. The number of carbonyl (C=O) groups excluding carboxylic acids is 2. The molecule has 1 aromatic carbocycles. The fraction of sp³-hybridized carbons (Fsp3) is 0.600. The Morgan fingerprint density at radius 1 is 1.14 bits per heavy atom.